The molecule has 1 aromatic rings. The van der Waals surface area contributed by atoms with Crippen LogP contribution in [0.2, 0.25) is 0 Å². The van der Waals surface area contributed by atoms with Gasteiger partial charge in [-0.2, -0.15) is 0 Å². The van der Waals surface area contributed by atoms with Gasteiger partial charge in [-0.25, -0.2) is 0 Å². The van der Waals surface area contributed by atoms with E-state index in [-0.39, 0.29) is 11.7 Å². The van der Waals surface area contributed by atoms with Gasteiger partial charge >= 0.3 is 0 Å². The van der Waals surface area contributed by atoms with Crippen LogP contribution in [0.15, 0.2) is 29.2 Å². The second-order valence-corrected chi connectivity index (χ2v) is 5.69. The Morgan fingerprint density at radius 2 is 1.94 bits per heavy atom. The first-order valence-electron chi connectivity index (χ1n) is 6.18. The molecule has 4 heteroatoms. The largest absolute Gasteiger partial charge is 0.353 e. The number of amides is 1. The van der Waals surface area contributed by atoms with E-state index in [1.165, 1.54) is 0 Å². The Labute approximate surface area is 111 Å². The first-order valence-corrected chi connectivity index (χ1v) is 7.17. The zero-order valence-corrected chi connectivity index (χ0v) is 11.3. The molecule has 0 spiro atoms. The highest BCUT2D eigenvalue weighted by Crippen LogP contribution is 2.21. The Morgan fingerprint density at radius 3 is 2.50 bits per heavy atom. The van der Waals surface area contributed by atoms with E-state index in [9.17, 15) is 9.59 Å². The van der Waals surface area contributed by atoms with E-state index >= 15 is 0 Å². The van der Waals surface area contributed by atoms with Gasteiger partial charge in [0.2, 0.25) is 5.91 Å². The minimum Gasteiger partial charge on any atom is -0.353 e. The van der Waals surface area contributed by atoms with Crippen molar-refractivity contribution in [1.82, 2.24) is 5.32 Å². The van der Waals surface area contributed by atoms with Gasteiger partial charge < -0.3 is 5.32 Å². The van der Waals surface area contributed by atoms with Crippen LogP contribution in [-0.2, 0) is 4.79 Å². The predicted molar refractivity (Wildman–Crippen MR) is 73.0 cm³/mol. The highest BCUT2D eigenvalue weighted by atomic mass is 32.2. The molecule has 18 heavy (non-hydrogen) atoms. The molecule has 1 N–H and O–H groups in total. The molecule has 0 saturated heterocycles. The summed E-state index contributed by atoms with van der Waals surface area (Å²) in [5.41, 5.74) is 0.728. The van der Waals surface area contributed by atoms with E-state index in [0.717, 1.165) is 29.1 Å². The van der Waals surface area contributed by atoms with Crippen molar-refractivity contribution in [3.8, 4) is 0 Å². The summed E-state index contributed by atoms with van der Waals surface area (Å²) in [7, 11) is 0. The smallest absolute Gasteiger partial charge is 0.221 e. The Morgan fingerprint density at radius 1 is 1.28 bits per heavy atom. The summed E-state index contributed by atoms with van der Waals surface area (Å²) in [6, 6.07) is 7.96. The summed E-state index contributed by atoms with van der Waals surface area (Å²) in [5, 5.41) is 2.97. The molecule has 96 valence electrons. The van der Waals surface area contributed by atoms with Gasteiger partial charge in [-0.3, -0.25) is 9.59 Å². The summed E-state index contributed by atoms with van der Waals surface area (Å²) >= 11 is 1.64. The lowest BCUT2D eigenvalue weighted by atomic mass is 10.2. The topological polar surface area (TPSA) is 46.2 Å². The number of hydrogen-bond donors (Lipinski definition) is 1. The molecule has 1 aliphatic rings. The van der Waals surface area contributed by atoms with Crippen LogP contribution in [-0.4, -0.2) is 23.5 Å². The van der Waals surface area contributed by atoms with Crippen molar-refractivity contribution in [2.45, 2.75) is 37.1 Å². The second kappa shape index (κ2) is 6.05. The normalized spacial score (nSPS) is 14.3. The Hall–Kier alpha value is -1.29. The van der Waals surface area contributed by atoms with Gasteiger partial charge in [0.1, 0.15) is 0 Å². The van der Waals surface area contributed by atoms with Crippen molar-refractivity contribution < 1.29 is 9.59 Å². The third-order valence-corrected chi connectivity index (χ3v) is 3.81. The fraction of sp³-hybridized carbons (Fsp3) is 0.429. The van der Waals surface area contributed by atoms with Crippen molar-refractivity contribution in [2.24, 2.45) is 0 Å². The highest BCUT2D eigenvalue weighted by Gasteiger charge is 2.22. The number of ketones is 1. The average molecular weight is 263 g/mol. The number of carbonyl (C=O) groups is 2. The summed E-state index contributed by atoms with van der Waals surface area (Å²) in [4.78, 5) is 23.7. The lowest BCUT2D eigenvalue weighted by Crippen LogP contribution is -2.25. The fourth-order valence-electron chi connectivity index (χ4n) is 1.57. The van der Waals surface area contributed by atoms with Crippen LogP contribution in [0, 0.1) is 0 Å². The predicted octanol–water partition coefficient (Wildman–Crippen LogP) is 2.65. The highest BCUT2D eigenvalue weighted by molar-refractivity contribution is 7.99. The average Bonchev–Trinajstić information content (AvgIpc) is 3.13. The van der Waals surface area contributed by atoms with Gasteiger partial charge in [0, 0.05) is 28.7 Å². The van der Waals surface area contributed by atoms with Crippen LogP contribution >= 0.6 is 11.8 Å². The monoisotopic (exact) mass is 263 g/mol. The van der Waals surface area contributed by atoms with Crippen molar-refractivity contribution >= 4 is 23.5 Å². The van der Waals surface area contributed by atoms with Crippen LogP contribution in [0.4, 0.5) is 0 Å². The Kier molecular flexibility index (Phi) is 4.42. The molecule has 1 aromatic carbocycles. The Balaban J connectivity index is 1.72. The molecule has 1 amide bonds. The number of hydrogen-bond acceptors (Lipinski definition) is 3. The second-order valence-electron chi connectivity index (χ2n) is 4.52. The number of Topliss-reactive ketones (excluding diaryl/α,β-unsaturated/α-hetero) is 1. The zero-order valence-electron chi connectivity index (χ0n) is 10.4. The van der Waals surface area contributed by atoms with E-state index in [2.05, 4.69) is 5.32 Å². The van der Waals surface area contributed by atoms with E-state index in [4.69, 9.17) is 0 Å². The van der Waals surface area contributed by atoms with Crippen LogP contribution < -0.4 is 5.32 Å². The van der Waals surface area contributed by atoms with Crippen molar-refractivity contribution in [1.29, 1.82) is 0 Å². The first-order chi connectivity index (χ1) is 8.65. The minimum atomic E-state index is 0.0790. The quantitative estimate of drug-likeness (QED) is 0.634. The molecule has 0 bridgehead atoms. The maximum Gasteiger partial charge on any atom is 0.221 e. The number of thioether (sulfide) groups is 1. The van der Waals surface area contributed by atoms with Crippen LogP contribution in [0.1, 0.15) is 36.5 Å². The third kappa shape index (κ3) is 4.18. The van der Waals surface area contributed by atoms with Gasteiger partial charge in [-0.1, -0.05) is 12.1 Å². The van der Waals surface area contributed by atoms with Gasteiger partial charge in [0.15, 0.2) is 5.78 Å². The number of rotatable bonds is 6. The SMILES string of the molecule is CC(=O)c1ccc(SCCC(=O)NC2CC2)cc1. The molecular formula is C14H17NO2S. The number of carbonyl (C=O) groups excluding carboxylic acids is 2. The van der Waals surface area contributed by atoms with Crippen molar-refractivity contribution in [3.63, 3.8) is 0 Å². The minimum absolute atomic E-state index is 0.0790. The van der Waals surface area contributed by atoms with E-state index < -0.39 is 0 Å². The molecule has 0 atom stereocenters. The van der Waals surface area contributed by atoms with Gasteiger partial charge in [0.05, 0.1) is 0 Å². The molecule has 1 saturated carbocycles. The molecule has 0 aliphatic heterocycles. The summed E-state index contributed by atoms with van der Waals surface area (Å²) in [6.45, 7) is 1.56. The van der Waals surface area contributed by atoms with Crippen LogP contribution in [0.5, 0.6) is 0 Å². The van der Waals surface area contributed by atoms with Crippen molar-refractivity contribution in [2.75, 3.05) is 5.75 Å². The standard InChI is InChI=1S/C14H17NO2S/c1-10(16)11-2-6-13(7-3-11)18-9-8-14(17)15-12-4-5-12/h2-3,6-7,12H,4-5,8-9H2,1H3,(H,15,17). The van der Waals surface area contributed by atoms with Gasteiger partial charge in [-0.15, -0.1) is 11.8 Å². The fourth-order valence-corrected chi connectivity index (χ4v) is 2.43. The molecule has 3 nitrogen and oxygen atoms in total. The van der Waals surface area contributed by atoms with Gasteiger partial charge in [0.25, 0.3) is 0 Å². The molecule has 2 rings (SSSR count). The maximum absolute atomic E-state index is 11.5. The molecular weight excluding hydrogens is 246 g/mol. The van der Waals surface area contributed by atoms with Crippen LogP contribution in [0.25, 0.3) is 0 Å². The molecule has 1 aliphatic carbocycles. The first kappa shape index (κ1) is 13.1. The van der Waals surface area contributed by atoms with Gasteiger partial charge in [-0.05, 0) is 31.9 Å². The van der Waals surface area contributed by atoms with E-state index in [1.54, 1.807) is 18.7 Å². The lowest BCUT2D eigenvalue weighted by Gasteiger charge is -2.04. The van der Waals surface area contributed by atoms with Crippen LogP contribution in [0.3, 0.4) is 0 Å². The molecule has 0 aromatic heterocycles. The number of nitrogens with one attached hydrogen (secondary N) is 1. The summed E-state index contributed by atoms with van der Waals surface area (Å²) in [6.07, 6.45) is 2.81. The number of benzene rings is 1. The molecule has 0 unspecified atom stereocenters. The third-order valence-electron chi connectivity index (χ3n) is 2.80. The molecule has 0 heterocycles. The molecule has 1 fully saturated rings. The zero-order chi connectivity index (χ0) is 13.0. The Bertz CT molecular complexity index is 438. The summed E-state index contributed by atoms with van der Waals surface area (Å²) < 4.78 is 0. The van der Waals surface area contributed by atoms with E-state index in [1.807, 2.05) is 24.3 Å². The molecule has 0 radical (unpaired) electrons. The van der Waals surface area contributed by atoms with Crippen molar-refractivity contribution in [3.05, 3.63) is 29.8 Å². The summed E-state index contributed by atoms with van der Waals surface area (Å²) in [5.74, 6) is 0.999. The van der Waals surface area contributed by atoms with E-state index in [0.29, 0.717) is 12.5 Å². The maximum atomic E-state index is 11.5. The lowest BCUT2D eigenvalue weighted by molar-refractivity contribution is -0.120.